The van der Waals surface area contributed by atoms with Crippen molar-refractivity contribution < 1.29 is 0 Å². The number of hydrogen-bond acceptors (Lipinski definition) is 3. The Morgan fingerprint density at radius 1 is 1.19 bits per heavy atom. The van der Waals surface area contributed by atoms with Crippen molar-refractivity contribution in [3.8, 4) is 17.1 Å². The van der Waals surface area contributed by atoms with Crippen molar-refractivity contribution in [1.82, 2.24) is 23.8 Å². The maximum Gasteiger partial charge on any atom is 0.282 e. The average Bonchev–Trinajstić information content (AvgIpc) is 3.34. The molecule has 0 aliphatic carbocycles. The fraction of sp³-hybridized carbons (Fsp3) is 0.429. The number of hydrogen-bond donors (Lipinski definition) is 0. The summed E-state index contributed by atoms with van der Waals surface area (Å²) in [7, 11) is 4.13. The zero-order valence-electron chi connectivity index (χ0n) is 16.3. The van der Waals surface area contributed by atoms with Gasteiger partial charge in [-0.05, 0) is 51.9 Å². The van der Waals surface area contributed by atoms with Gasteiger partial charge in [-0.15, -0.1) is 0 Å². The minimum absolute atomic E-state index is 0.0216. The smallest absolute Gasteiger partial charge is 0.282 e. The molecule has 3 aromatic rings. The molecule has 27 heavy (non-hydrogen) atoms. The molecular formula is C21H27N5O. The van der Waals surface area contributed by atoms with Crippen LogP contribution in [0, 0.1) is 6.92 Å². The van der Waals surface area contributed by atoms with E-state index in [0.29, 0.717) is 11.6 Å². The maximum absolute atomic E-state index is 13.3. The molecule has 1 aliphatic rings. The summed E-state index contributed by atoms with van der Waals surface area (Å²) in [6.07, 6.45) is 7.40. The Hall–Kier alpha value is -2.60. The molecule has 6 heteroatoms. The highest BCUT2D eigenvalue weighted by molar-refractivity contribution is 5.59. The minimum Gasteiger partial charge on any atom is -0.331 e. The molecule has 1 aliphatic heterocycles. The molecule has 4 rings (SSSR count). The first kappa shape index (κ1) is 17.8. The number of aryl methyl sites for hydroxylation is 1. The second-order valence-electron chi connectivity index (χ2n) is 7.45. The van der Waals surface area contributed by atoms with Crippen molar-refractivity contribution >= 4 is 0 Å². The van der Waals surface area contributed by atoms with E-state index < -0.39 is 0 Å². The zero-order valence-corrected chi connectivity index (χ0v) is 16.3. The number of aromatic nitrogens is 4. The van der Waals surface area contributed by atoms with Gasteiger partial charge in [0, 0.05) is 37.7 Å². The predicted octanol–water partition coefficient (Wildman–Crippen LogP) is 2.83. The summed E-state index contributed by atoms with van der Waals surface area (Å²) in [5, 5.41) is 0. The molecule has 0 spiro atoms. The molecule has 3 heterocycles. The van der Waals surface area contributed by atoms with Crippen LogP contribution in [0.15, 0.2) is 47.5 Å². The van der Waals surface area contributed by atoms with Gasteiger partial charge >= 0.3 is 0 Å². The van der Waals surface area contributed by atoms with E-state index in [1.165, 1.54) is 19.4 Å². The van der Waals surface area contributed by atoms with Crippen molar-refractivity contribution in [2.24, 2.45) is 7.05 Å². The normalized spacial score (nSPS) is 17.7. The number of para-hydroxylation sites is 1. The van der Waals surface area contributed by atoms with Crippen LogP contribution >= 0.6 is 0 Å². The minimum atomic E-state index is -0.0216. The maximum atomic E-state index is 13.3. The third-order valence-corrected chi connectivity index (χ3v) is 5.87. The van der Waals surface area contributed by atoms with E-state index in [4.69, 9.17) is 0 Å². The summed E-state index contributed by atoms with van der Waals surface area (Å²) in [4.78, 5) is 20.2. The number of rotatable bonds is 5. The third-order valence-electron chi connectivity index (χ3n) is 5.87. The van der Waals surface area contributed by atoms with Crippen molar-refractivity contribution in [3.63, 3.8) is 0 Å². The highest BCUT2D eigenvalue weighted by Gasteiger charge is 2.23. The fourth-order valence-corrected chi connectivity index (χ4v) is 4.18. The van der Waals surface area contributed by atoms with E-state index in [1.54, 1.807) is 10.9 Å². The van der Waals surface area contributed by atoms with Crippen LogP contribution in [0.3, 0.4) is 0 Å². The van der Waals surface area contributed by atoms with Gasteiger partial charge in [-0.2, -0.15) is 0 Å². The van der Waals surface area contributed by atoms with Crippen LogP contribution in [0.5, 0.6) is 0 Å². The predicted molar refractivity (Wildman–Crippen MR) is 107 cm³/mol. The summed E-state index contributed by atoms with van der Waals surface area (Å²) in [5.41, 5.74) is 2.46. The van der Waals surface area contributed by atoms with E-state index in [1.807, 2.05) is 55.2 Å². The van der Waals surface area contributed by atoms with Crippen molar-refractivity contribution in [2.75, 3.05) is 13.6 Å². The Morgan fingerprint density at radius 2 is 1.96 bits per heavy atom. The summed E-state index contributed by atoms with van der Waals surface area (Å²) in [5.74, 6) is 0.767. The molecule has 0 radical (unpaired) electrons. The third kappa shape index (κ3) is 3.14. The molecule has 1 aromatic carbocycles. The lowest BCUT2D eigenvalue weighted by Crippen LogP contribution is -2.26. The quantitative estimate of drug-likeness (QED) is 0.699. The van der Waals surface area contributed by atoms with E-state index in [9.17, 15) is 4.79 Å². The molecule has 6 nitrogen and oxygen atoms in total. The standard InChI is InChI=1S/C21H27N5O/c1-16-19(21(27)26(24(16)3)18-8-5-4-6-9-18)20-22-12-15-25(20)14-11-17-10-7-13-23(17)2/h4-6,8-9,12,15,17H,7,10-11,13-14H2,1-3H3. The van der Waals surface area contributed by atoms with Crippen LogP contribution in [-0.2, 0) is 13.6 Å². The highest BCUT2D eigenvalue weighted by Crippen LogP contribution is 2.23. The number of likely N-dealkylation sites (tertiary alicyclic amines) is 1. The summed E-state index contributed by atoms with van der Waals surface area (Å²) in [6.45, 7) is 4.05. The van der Waals surface area contributed by atoms with Gasteiger partial charge in [0.25, 0.3) is 5.56 Å². The summed E-state index contributed by atoms with van der Waals surface area (Å²) < 4.78 is 5.76. The van der Waals surface area contributed by atoms with Crippen LogP contribution in [0.4, 0.5) is 0 Å². The van der Waals surface area contributed by atoms with Crippen LogP contribution < -0.4 is 5.56 Å². The molecule has 0 saturated carbocycles. The summed E-state index contributed by atoms with van der Waals surface area (Å²) >= 11 is 0. The Balaban J connectivity index is 1.69. The molecule has 0 bridgehead atoms. The molecule has 0 N–H and O–H groups in total. The van der Waals surface area contributed by atoms with E-state index in [2.05, 4.69) is 21.5 Å². The highest BCUT2D eigenvalue weighted by atomic mass is 16.1. The Morgan fingerprint density at radius 3 is 2.67 bits per heavy atom. The van der Waals surface area contributed by atoms with Crippen LogP contribution in [0.2, 0.25) is 0 Å². The van der Waals surface area contributed by atoms with E-state index in [0.717, 1.165) is 30.2 Å². The lowest BCUT2D eigenvalue weighted by molar-refractivity contribution is 0.286. The van der Waals surface area contributed by atoms with Crippen LogP contribution in [-0.4, -0.2) is 43.4 Å². The van der Waals surface area contributed by atoms with Gasteiger partial charge in [-0.1, -0.05) is 18.2 Å². The van der Waals surface area contributed by atoms with Gasteiger partial charge < -0.3 is 9.47 Å². The number of nitrogens with zero attached hydrogens (tertiary/aromatic N) is 5. The molecule has 1 saturated heterocycles. The van der Waals surface area contributed by atoms with Crippen LogP contribution in [0.1, 0.15) is 25.0 Å². The molecule has 0 amide bonds. The Kier molecular flexibility index (Phi) is 4.74. The molecule has 2 aromatic heterocycles. The first-order chi connectivity index (χ1) is 13.1. The Labute approximate surface area is 159 Å². The second kappa shape index (κ2) is 7.19. The fourth-order valence-electron chi connectivity index (χ4n) is 4.18. The average molecular weight is 365 g/mol. The van der Waals surface area contributed by atoms with Crippen LogP contribution in [0.25, 0.3) is 17.1 Å². The van der Waals surface area contributed by atoms with Gasteiger partial charge in [0.2, 0.25) is 0 Å². The summed E-state index contributed by atoms with van der Waals surface area (Å²) in [6, 6.07) is 10.4. The van der Waals surface area contributed by atoms with Gasteiger partial charge in [-0.25, -0.2) is 9.67 Å². The molecule has 1 fully saturated rings. The Bertz CT molecular complexity index is 982. The second-order valence-corrected chi connectivity index (χ2v) is 7.45. The van der Waals surface area contributed by atoms with Crippen molar-refractivity contribution in [1.29, 1.82) is 0 Å². The molecular weight excluding hydrogens is 338 g/mol. The SMILES string of the molecule is Cc1c(-c2nccn2CCC2CCCN2C)c(=O)n(-c2ccccc2)n1C. The number of imidazole rings is 1. The monoisotopic (exact) mass is 365 g/mol. The zero-order chi connectivity index (χ0) is 19.0. The molecule has 1 atom stereocenters. The lowest BCUT2D eigenvalue weighted by atomic mass is 10.1. The van der Waals surface area contributed by atoms with E-state index in [-0.39, 0.29) is 5.56 Å². The lowest BCUT2D eigenvalue weighted by Gasteiger charge is -2.19. The van der Waals surface area contributed by atoms with Crippen molar-refractivity contribution in [3.05, 3.63) is 58.8 Å². The first-order valence-electron chi connectivity index (χ1n) is 9.63. The van der Waals surface area contributed by atoms with Gasteiger partial charge in [0.1, 0.15) is 11.4 Å². The topological polar surface area (TPSA) is 48.0 Å². The van der Waals surface area contributed by atoms with Gasteiger partial charge in [-0.3, -0.25) is 9.48 Å². The van der Waals surface area contributed by atoms with E-state index >= 15 is 0 Å². The van der Waals surface area contributed by atoms with Crippen molar-refractivity contribution in [2.45, 2.75) is 38.8 Å². The first-order valence-corrected chi connectivity index (χ1v) is 9.63. The number of benzene rings is 1. The molecule has 142 valence electrons. The van der Waals surface area contributed by atoms with Gasteiger partial charge in [0.15, 0.2) is 0 Å². The largest absolute Gasteiger partial charge is 0.331 e. The molecule has 1 unspecified atom stereocenters. The van der Waals surface area contributed by atoms with Gasteiger partial charge in [0.05, 0.1) is 5.69 Å².